The van der Waals surface area contributed by atoms with Crippen molar-refractivity contribution < 1.29 is 12.8 Å². The maximum Gasteiger partial charge on any atom is 0.264 e. The summed E-state index contributed by atoms with van der Waals surface area (Å²) in [7, 11) is -3.88. The molecule has 0 aromatic heterocycles. The van der Waals surface area contributed by atoms with Crippen LogP contribution in [0.2, 0.25) is 0 Å². The summed E-state index contributed by atoms with van der Waals surface area (Å²) in [6.45, 7) is 0. The minimum Gasteiger partial charge on any atom is -0.280 e. The molecular weight excluding hydrogens is 368 g/mol. The molecule has 0 spiro atoms. The van der Waals surface area contributed by atoms with Gasteiger partial charge in [0.05, 0.1) is 0 Å². The Morgan fingerprint density at radius 1 is 1.00 bits per heavy atom. The van der Waals surface area contributed by atoms with E-state index in [0.29, 0.717) is 5.69 Å². The zero-order chi connectivity index (χ0) is 13.2. The smallest absolute Gasteiger partial charge is 0.264 e. The molecule has 0 unspecified atom stereocenters. The van der Waals surface area contributed by atoms with E-state index in [2.05, 4.69) is 27.3 Å². The van der Waals surface area contributed by atoms with Crippen LogP contribution in [0.5, 0.6) is 0 Å². The third-order valence-corrected chi connectivity index (χ3v) is 4.36. The Hall–Kier alpha value is -1.15. The Morgan fingerprint density at radius 3 is 2.22 bits per heavy atom. The number of halogens is 2. The Kier molecular flexibility index (Phi) is 3.86. The third kappa shape index (κ3) is 2.99. The highest BCUT2D eigenvalue weighted by Crippen LogP contribution is 2.19. The summed E-state index contributed by atoms with van der Waals surface area (Å²) in [6, 6.07) is 12.0. The minimum atomic E-state index is -3.88. The predicted octanol–water partition coefficient (Wildman–Crippen LogP) is 3.23. The highest BCUT2D eigenvalue weighted by molar-refractivity contribution is 14.1. The van der Waals surface area contributed by atoms with Gasteiger partial charge >= 0.3 is 0 Å². The average molecular weight is 377 g/mol. The average Bonchev–Trinajstić information content (AvgIpc) is 2.32. The van der Waals surface area contributed by atoms with Crippen molar-refractivity contribution in [3.8, 4) is 0 Å². The number of anilines is 1. The fourth-order valence-electron chi connectivity index (χ4n) is 1.39. The molecule has 2 aromatic carbocycles. The molecule has 2 aromatic rings. The molecule has 3 nitrogen and oxygen atoms in total. The van der Waals surface area contributed by atoms with Crippen molar-refractivity contribution in [1.29, 1.82) is 0 Å². The highest BCUT2D eigenvalue weighted by atomic mass is 127. The molecule has 18 heavy (non-hydrogen) atoms. The van der Waals surface area contributed by atoms with E-state index in [0.717, 1.165) is 9.64 Å². The van der Waals surface area contributed by atoms with Gasteiger partial charge in [0.2, 0.25) is 0 Å². The first-order chi connectivity index (χ1) is 8.49. The van der Waals surface area contributed by atoms with Gasteiger partial charge in [0, 0.05) is 9.26 Å². The molecule has 0 saturated heterocycles. The van der Waals surface area contributed by atoms with E-state index >= 15 is 0 Å². The van der Waals surface area contributed by atoms with Crippen LogP contribution < -0.4 is 4.72 Å². The topological polar surface area (TPSA) is 46.2 Å². The van der Waals surface area contributed by atoms with E-state index in [4.69, 9.17) is 0 Å². The van der Waals surface area contributed by atoms with Crippen LogP contribution in [0.4, 0.5) is 10.1 Å². The van der Waals surface area contributed by atoms with Crippen molar-refractivity contribution in [2.24, 2.45) is 0 Å². The van der Waals surface area contributed by atoms with Gasteiger partial charge in [-0.3, -0.25) is 4.72 Å². The largest absolute Gasteiger partial charge is 0.280 e. The van der Waals surface area contributed by atoms with Crippen molar-refractivity contribution in [3.05, 3.63) is 57.9 Å². The van der Waals surface area contributed by atoms with E-state index in [-0.39, 0.29) is 4.90 Å². The summed E-state index contributed by atoms with van der Waals surface area (Å²) >= 11 is 2.11. The van der Waals surface area contributed by atoms with Gasteiger partial charge in [-0.1, -0.05) is 12.1 Å². The molecule has 0 bridgehead atoms. The van der Waals surface area contributed by atoms with Crippen LogP contribution in [0.3, 0.4) is 0 Å². The summed E-state index contributed by atoms with van der Waals surface area (Å²) in [5.41, 5.74) is 0.402. The van der Waals surface area contributed by atoms with Crippen LogP contribution in [0.25, 0.3) is 0 Å². The molecule has 2 rings (SSSR count). The molecule has 0 fully saturated rings. The summed E-state index contributed by atoms with van der Waals surface area (Å²) in [5.74, 6) is -0.768. The van der Waals surface area contributed by atoms with Crippen LogP contribution in [0, 0.1) is 9.39 Å². The van der Waals surface area contributed by atoms with Crippen molar-refractivity contribution in [2.75, 3.05) is 4.72 Å². The maximum atomic E-state index is 13.4. The lowest BCUT2D eigenvalue weighted by molar-refractivity contribution is 0.570. The SMILES string of the molecule is O=S(=O)(Nc1ccc(I)cc1)c1ccccc1F. The second kappa shape index (κ2) is 5.23. The van der Waals surface area contributed by atoms with Crippen LogP contribution in [-0.4, -0.2) is 8.42 Å². The molecule has 0 atom stereocenters. The second-order valence-corrected chi connectivity index (χ2v) is 6.44. The molecular formula is C12H9FINO2S. The fraction of sp³-hybridized carbons (Fsp3) is 0. The lowest BCUT2D eigenvalue weighted by atomic mass is 10.3. The lowest BCUT2D eigenvalue weighted by Gasteiger charge is -2.08. The van der Waals surface area contributed by atoms with E-state index in [1.807, 2.05) is 0 Å². The molecule has 0 heterocycles. The maximum absolute atomic E-state index is 13.4. The fourth-order valence-corrected chi connectivity index (χ4v) is 2.89. The van der Waals surface area contributed by atoms with Crippen molar-refractivity contribution in [3.63, 3.8) is 0 Å². The Bertz CT molecular complexity index is 656. The molecule has 0 aliphatic rings. The molecule has 6 heteroatoms. The Morgan fingerprint density at radius 2 is 1.61 bits per heavy atom. The van der Waals surface area contributed by atoms with E-state index in [1.165, 1.54) is 18.2 Å². The number of benzene rings is 2. The van der Waals surface area contributed by atoms with Crippen LogP contribution in [-0.2, 0) is 10.0 Å². The van der Waals surface area contributed by atoms with E-state index < -0.39 is 15.8 Å². The molecule has 0 aliphatic carbocycles. The highest BCUT2D eigenvalue weighted by Gasteiger charge is 2.18. The predicted molar refractivity (Wildman–Crippen MR) is 76.4 cm³/mol. The number of rotatable bonds is 3. The monoisotopic (exact) mass is 377 g/mol. The summed E-state index contributed by atoms with van der Waals surface area (Å²) in [5, 5.41) is 0. The van der Waals surface area contributed by atoms with E-state index in [1.54, 1.807) is 24.3 Å². The number of hydrogen-bond donors (Lipinski definition) is 1. The van der Waals surface area contributed by atoms with E-state index in [9.17, 15) is 12.8 Å². The molecule has 0 aliphatic heterocycles. The van der Waals surface area contributed by atoms with Gasteiger partial charge in [0.1, 0.15) is 10.7 Å². The third-order valence-electron chi connectivity index (χ3n) is 2.22. The number of sulfonamides is 1. The quantitative estimate of drug-likeness (QED) is 0.835. The Labute approximate surface area is 118 Å². The number of hydrogen-bond acceptors (Lipinski definition) is 2. The molecule has 1 N–H and O–H groups in total. The van der Waals surface area contributed by atoms with Crippen LogP contribution in [0.15, 0.2) is 53.4 Å². The van der Waals surface area contributed by atoms with Gasteiger partial charge < -0.3 is 0 Å². The Balaban J connectivity index is 2.33. The normalized spacial score (nSPS) is 11.2. The molecule has 0 radical (unpaired) electrons. The zero-order valence-corrected chi connectivity index (χ0v) is 12.1. The zero-order valence-electron chi connectivity index (χ0n) is 9.10. The first-order valence-electron chi connectivity index (χ1n) is 5.02. The van der Waals surface area contributed by atoms with Crippen LogP contribution >= 0.6 is 22.6 Å². The summed E-state index contributed by atoms with van der Waals surface area (Å²) < 4.78 is 40.7. The van der Waals surface area contributed by atoms with Gasteiger partial charge in [-0.05, 0) is 59.0 Å². The van der Waals surface area contributed by atoms with Gasteiger partial charge in [-0.25, -0.2) is 12.8 Å². The minimum absolute atomic E-state index is 0.358. The first kappa shape index (κ1) is 13.3. The summed E-state index contributed by atoms with van der Waals surface area (Å²) in [4.78, 5) is -0.358. The lowest BCUT2D eigenvalue weighted by Crippen LogP contribution is -2.14. The van der Waals surface area contributed by atoms with Gasteiger partial charge in [0.25, 0.3) is 10.0 Å². The van der Waals surface area contributed by atoms with Crippen molar-refractivity contribution >= 4 is 38.3 Å². The molecule has 94 valence electrons. The second-order valence-electron chi connectivity index (χ2n) is 3.54. The molecule has 0 amide bonds. The molecule has 0 saturated carbocycles. The number of nitrogens with one attached hydrogen (secondary N) is 1. The van der Waals surface area contributed by atoms with Crippen LogP contribution in [0.1, 0.15) is 0 Å². The van der Waals surface area contributed by atoms with Gasteiger partial charge in [0.15, 0.2) is 0 Å². The van der Waals surface area contributed by atoms with Gasteiger partial charge in [-0.15, -0.1) is 0 Å². The summed E-state index contributed by atoms with van der Waals surface area (Å²) in [6.07, 6.45) is 0. The van der Waals surface area contributed by atoms with Crippen molar-refractivity contribution in [1.82, 2.24) is 0 Å². The first-order valence-corrected chi connectivity index (χ1v) is 7.58. The van der Waals surface area contributed by atoms with Gasteiger partial charge in [-0.2, -0.15) is 0 Å². The standard InChI is InChI=1S/C12H9FINO2S/c13-11-3-1-2-4-12(11)18(16,17)15-10-7-5-9(14)6-8-10/h1-8,15H. The van der Waals surface area contributed by atoms with Crippen molar-refractivity contribution in [2.45, 2.75) is 4.90 Å².